The van der Waals surface area contributed by atoms with Crippen molar-refractivity contribution in [3.8, 4) is 0 Å². The molecule has 3 N–H and O–H groups in total. The number of benzene rings is 2. The monoisotopic (exact) mass is 514 g/mol. The Bertz CT molecular complexity index is 1600. The molecule has 11 heteroatoms. The Hall–Kier alpha value is -4.28. The number of alkyl halides is 3. The SMILES string of the molecule is O=C(Nc1ccc(Nc2ccnc3[nH]c(=O)c4c(c23)CCCC4)c(F)c1)c1ccc(F)cc1C(F)(F)F. The van der Waals surface area contributed by atoms with Crippen LogP contribution >= 0.6 is 0 Å². The fourth-order valence-corrected chi connectivity index (χ4v) is 4.57. The molecule has 37 heavy (non-hydrogen) atoms. The normalized spacial score (nSPS) is 13.3. The number of aryl methyl sites for hydroxylation is 1. The van der Waals surface area contributed by atoms with Crippen molar-refractivity contribution < 1.29 is 26.7 Å². The molecule has 0 saturated carbocycles. The van der Waals surface area contributed by atoms with Crippen LogP contribution in [0.1, 0.15) is 39.9 Å². The van der Waals surface area contributed by atoms with Crippen LogP contribution < -0.4 is 16.2 Å². The van der Waals surface area contributed by atoms with Gasteiger partial charge < -0.3 is 15.6 Å². The van der Waals surface area contributed by atoms with Crippen LogP contribution in [0.2, 0.25) is 0 Å². The Labute approximate surface area is 206 Å². The van der Waals surface area contributed by atoms with Crippen LogP contribution in [-0.4, -0.2) is 15.9 Å². The second-order valence-electron chi connectivity index (χ2n) is 8.66. The van der Waals surface area contributed by atoms with Crippen molar-refractivity contribution in [2.24, 2.45) is 0 Å². The number of hydrogen-bond donors (Lipinski definition) is 3. The van der Waals surface area contributed by atoms with E-state index < -0.39 is 34.8 Å². The molecular weight excluding hydrogens is 495 g/mol. The number of aromatic amines is 1. The summed E-state index contributed by atoms with van der Waals surface area (Å²) in [6, 6.07) is 6.94. The minimum absolute atomic E-state index is 0.0408. The van der Waals surface area contributed by atoms with Gasteiger partial charge in [-0.25, -0.2) is 13.8 Å². The minimum atomic E-state index is -4.95. The Morgan fingerprint density at radius 2 is 1.70 bits per heavy atom. The third-order valence-electron chi connectivity index (χ3n) is 6.25. The van der Waals surface area contributed by atoms with Gasteiger partial charge in [-0.2, -0.15) is 13.2 Å². The molecule has 0 atom stereocenters. The highest BCUT2D eigenvalue weighted by atomic mass is 19.4. The lowest BCUT2D eigenvalue weighted by Gasteiger charge is -2.19. The van der Waals surface area contributed by atoms with E-state index in [4.69, 9.17) is 0 Å². The summed E-state index contributed by atoms with van der Waals surface area (Å²) in [7, 11) is 0. The number of nitrogens with zero attached hydrogens (tertiary/aromatic N) is 1. The standard InChI is InChI=1S/C26H19F5N4O2/c27-13-5-7-17(18(11-13)26(29,30)31)25(37)33-14-6-8-20(19(28)12-14)34-21-9-10-32-23-22(21)15-3-1-2-4-16(15)24(36)35-23/h5-12H,1-4H2,(H,33,37)(H2,32,34,35,36). The lowest BCUT2D eigenvalue weighted by molar-refractivity contribution is -0.138. The number of aromatic nitrogens is 2. The van der Waals surface area contributed by atoms with E-state index in [2.05, 4.69) is 20.6 Å². The van der Waals surface area contributed by atoms with Gasteiger partial charge in [-0.3, -0.25) is 9.59 Å². The van der Waals surface area contributed by atoms with Gasteiger partial charge in [-0.1, -0.05) is 0 Å². The molecule has 2 heterocycles. The Morgan fingerprint density at radius 1 is 0.946 bits per heavy atom. The number of carbonyl (C=O) groups is 1. The maximum absolute atomic E-state index is 15.0. The molecule has 0 saturated heterocycles. The van der Waals surface area contributed by atoms with E-state index in [9.17, 15) is 31.5 Å². The average Bonchev–Trinajstić information content (AvgIpc) is 2.85. The lowest BCUT2D eigenvalue weighted by atomic mass is 9.90. The second-order valence-corrected chi connectivity index (χ2v) is 8.66. The smallest absolute Gasteiger partial charge is 0.352 e. The Kier molecular flexibility index (Phi) is 6.14. The van der Waals surface area contributed by atoms with Crippen molar-refractivity contribution in [2.75, 3.05) is 10.6 Å². The van der Waals surface area contributed by atoms with Crippen LogP contribution in [-0.2, 0) is 19.0 Å². The van der Waals surface area contributed by atoms with Crippen molar-refractivity contribution in [3.05, 3.63) is 92.9 Å². The minimum Gasteiger partial charge on any atom is -0.352 e. The molecular formula is C26H19F5N4O2. The Balaban J connectivity index is 1.44. The van der Waals surface area contributed by atoms with E-state index in [-0.39, 0.29) is 23.0 Å². The summed E-state index contributed by atoms with van der Waals surface area (Å²) in [6.45, 7) is 0. The van der Waals surface area contributed by atoms with Crippen LogP contribution in [0.3, 0.4) is 0 Å². The predicted octanol–water partition coefficient (Wildman–Crippen LogP) is 6.09. The van der Waals surface area contributed by atoms with E-state index in [1.807, 2.05) is 0 Å². The number of halogens is 5. The summed E-state index contributed by atoms with van der Waals surface area (Å²) < 4.78 is 68.1. The highest BCUT2D eigenvalue weighted by Gasteiger charge is 2.35. The lowest BCUT2D eigenvalue weighted by Crippen LogP contribution is -2.20. The molecule has 0 unspecified atom stereocenters. The molecule has 1 aliphatic rings. The van der Waals surface area contributed by atoms with Gasteiger partial charge in [0, 0.05) is 22.8 Å². The molecule has 190 valence electrons. The maximum atomic E-state index is 15.0. The fourth-order valence-electron chi connectivity index (χ4n) is 4.57. The van der Waals surface area contributed by atoms with Crippen LogP contribution in [0.15, 0.2) is 53.5 Å². The number of amides is 1. The molecule has 0 bridgehead atoms. The average molecular weight is 514 g/mol. The first-order valence-electron chi connectivity index (χ1n) is 11.4. The van der Waals surface area contributed by atoms with E-state index in [1.54, 1.807) is 6.07 Å². The first-order chi connectivity index (χ1) is 17.6. The largest absolute Gasteiger partial charge is 0.417 e. The maximum Gasteiger partial charge on any atom is 0.417 e. The van der Waals surface area contributed by atoms with Gasteiger partial charge in [0.05, 0.1) is 22.5 Å². The number of hydrogen-bond acceptors (Lipinski definition) is 4. The van der Waals surface area contributed by atoms with E-state index in [0.717, 1.165) is 36.6 Å². The van der Waals surface area contributed by atoms with Crippen LogP contribution in [0, 0.1) is 11.6 Å². The van der Waals surface area contributed by atoms with Crippen molar-refractivity contribution in [1.29, 1.82) is 0 Å². The summed E-state index contributed by atoms with van der Waals surface area (Å²) in [6.07, 6.45) is -0.343. The van der Waals surface area contributed by atoms with Crippen molar-refractivity contribution in [1.82, 2.24) is 9.97 Å². The zero-order valence-corrected chi connectivity index (χ0v) is 19.1. The van der Waals surface area contributed by atoms with Gasteiger partial charge in [-0.05, 0) is 73.7 Å². The summed E-state index contributed by atoms with van der Waals surface area (Å²) >= 11 is 0. The molecule has 2 aromatic heterocycles. The molecule has 0 radical (unpaired) electrons. The number of fused-ring (bicyclic) bond motifs is 3. The molecule has 0 aliphatic heterocycles. The fraction of sp³-hybridized carbons (Fsp3) is 0.192. The van der Waals surface area contributed by atoms with Crippen LogP contribution in [0.5, 0.6) is 0 Å². The first kappa shape index (κ1) is 24.4. The number of anilines is 3. The van der Waals surface area contributed by atoms with Gasteiger partial charge in [0.25, 0.3) is 11.5 Å². The van der Waals surface area contributed by atoms with Gasteiger partial charge >= 0.3 is 6.18 Å². The number of carbonyl (C=O) groups excluding carboxylic acids is 1. The van der Waals surface area contributed by atoms with Crippen molar-refractivity contribution >= 4 is 34.0 Å². The summed E-state index contributed by atoms with van der Waals surface area (Å²) in [4.78, 5) is 31.9. The molecule has 0 spiro atoms. The number of pyridine rings is 2. The first-order valence-corrected chi connectivity index (χ1v) is 11.4. The third kappa shape index (κ3) is 4.76. The van der Waals surface area contributed by atoms with Crippen molar-refractivity contribution in [2.45, 2.75) is 31.9 Å². The molecule has 2 aromatic carbocycles. The van der Waals surface area contributed by atoms with Gasteiger partial charge in [0.15, 0.2) is 0 Å². The quantitative estimate of drug-likeness (QED) is 0.288. The van der Waals surface area contributed by atoms with Gasteiger partial charge in [0.2, 0.25) is 0 Å². The molecule has 1 amide bonds. The number of nitrogens with one attached hydrogen (secondary N) is 3. The highest BCUT2D eigenvalue weighted by molar-refractivity contribution is 6.05. The van der Waals surface area contributed by atoms with Gasteiger partial charge in [-0.15, -0.1) is 0 Å². The molecule has 4 aromatic rings. The third-order valence-corrected chi connectivity index (χ3v) is 6.25. The van der Waals surface area contributed by atoms with E-state index in [1.165, 1.54) is 18.3 Å². The molecule has 6 nitrogen and oxygen atoms in total. The zero-order chi connectivity index (χ0) is 26.3. The topological polar surface area (TPSA) is 86.9 Å². The number of H-pyrrole nitrogens is 1. The Morgan fingerprint density at radius 3 is 2.43 bits per heavy atom. The van der Waals surface area contributed by atoms with E-state index >= 15 is 0 Å². The van der Waals surface area contributed by atoms with E-state index in [0.29, 0.717) is 35.1 Å². The molecule has 0 fully saturated rings. The van der Waals surface area contributed by atoms with Crippen molar-refractivity contribution in [3.63, 3.8) is 0 Å². The summed E-state index contributed by atoms with van der Waals surface area (Å²) in [5.41, 5.74) is -0.0139. The second kappa shape index (κ2) is 9.30. The van der Waals surface area contributed by atoms with Crippen LogP contribution in [0.25, 0.3) is 11.0 Å². The molecule has 5 rings (SSSR count). The summed E-state index contributed by atoms with van der Waals surface area (Å²) in [5, 5.41) is 5.90. The van der Waals surface area contributed by atoms with Gasteiger partial charge in [0.1, 0.15) is 17.3 Å². The highest BCUT2D eigenvalue weighted by Crippen LogP contribution is 2.34. The predicted molar refractivity (Wildman–Crippen MR) is 128 cm³/mol. The molecule has 1 aliphatic carbocycles. The van der Waals surface area contributed by atoms with Crippen LogP contribution in [0.4, 0.5) is 39.0 Å². The number of rotatable bonds is 4. The summed E-state index contributed by atoms with van der Waals surface area (Å²) in [5.74, 6) is -3.08. The zero-order valence-electron chi connectivity index (χ0n) is 19.1.